The van der Waals surface area contributed by atoms with E-state index in [2.05, 4.69) is 15.1 Å². The van der Waals surface area contributed by atoms with Gasteiger partial charge in [-0.15, -0.1) is 10.2 Å². The average molecular weight is 321 g/mol. The molecule has 0 bridgehead atoms. The van der Waals surface area contributed by atoms with E-state index in [1.807, 2.05) is 37.4 Å². The minimum atomic E-state index is -2.85. The molecule has 3 rings (SSSR count). The average Bonchev–Trinajstić information content (AvgIpc) is 3.12. The van der Waals surface area contributed by atoms with Gasteiger partial charge >= 0.3 is 0 Å². The van der Waals surface area contributed by atoms with E-state index in [-0.39, 0.29) is 11.8 Å². The Bertz CT molecular complexity index is 728. The summed E-state index contributed by atoms with van der Waals surface area (Å²) in [4.78, 5) is 2.07. The molecule has 2 aromatic rings. The highest BCUT2D eigenvalue weighted by molar-refractivity contribution is 7.91. The Morgan fingerprint density at radius 3 is 2.73 bits per heavy atom. The molecular formula is C15H19N3O3S. The Hall–Kier alpha value is -1.73. The van der Waals surface area contributed by atoms with Gasteiger partial charge in [-0.25, -0.2) is 8.42 Å². The van der Waals surface area contributed by atoms with Crippen LogP contribution in [0.1, 0.15) is 12.3 Å². The molecule has 0 radical (unpaired) electrons. The van der Waals surface area contributed by atoms with Crippen molar-refractivity contribution in [2.24, 2.45) is 0 Å². The van der Waals surface area contributed by atoms with Crippen LogP contribution >= 0.6 is 0 Å². The second-order valence-corrected chi connectivity index (χ2v) is 7.88. The van der Waals surface area contributed by atoms with Gasteiger partial charge in [0.25, 0.3) is 0 Å². The fourth-order valence-corrected chi connectivity index (χ4v) is 4.43. The number of sulfone groups is 1. The number of aromatic nitrogens is 2. The number of hydrogen-bond acceptors (Lipinski definition) is 6. The SMILES string of the molecule is CN(CCc1nnc(-c2ccccc2)o1)C1CCS(=O)(=O)C1. The Morgan fingerprint density at radius 2 is 2.05 bits per heavy atom. The molecule has 2 heterocycles. The topological polar surface area (TPSA) is 76.3 Å². The van der Waals surface area contributed by atoms with Gasteiger partial charge < -0.3 is 9.32 Å². The van der Waals surface area contributed by atoms with Gasteiger partial charge in [-0.3, -0.25) is 0 Å². The Labute approximate surface area is 130 Å². The summed E-state index contributed by atoms with van der Waals surface area (Å²) >= 11 is 0. The lowest BCUT2D eigenvalue weighted by molar-refractivity contribution is 0.258. The van der Waals surface area contributed by atoms with E-state index in [1.54, 1.807) is 0 Å². The van der Waals surface area contributed by atoms with Gasteiger partial charge in [0, 0.05) is 24.6 Å². The summed E-state index contributed by atoms with van der Waals surface area (Å²) in [6.45, 7) is 0.705. The van der Waals surface area contributed by atoms with Crippen LogP contribution in [-0.4, -0.2) is 54.7 Å². The lowest BCUT2D eigenvalue weighted by Gasteiger charge is -2.21. The molecule has 1 aromatic carbocycles. The number of rotatable bonds is 5. The van der Waals surface area contributed by atoms with E-state index < -0.39 is 9.84 Å². The van der Waals surface area contributed by atoms with Crippen molar-refractivity contribution in [1.82, 2.24) is 15.1 Å². The van der Waals surface area contributed by atoms with Crippen molar-refractivity contribution >= 4 is 9.84 Å². The molecule has 1 aromatic heterocycles. The molecule has 0 saturated carbocycles. The van der Waals surface area contributed by atoms with Crippen LogP contribution in [-0.2, 0) is 16.3 Å². The minimum Gasteiger partial charge on any atom is -0.421 e. The number of likely N-dealkylation sites (N-methyl/N-ethyl adjacent to an activating group) is 1. The largest absolute Gasteiger partial charge is 0.421 e. The summed E-state index contributed by atoms with van der Waals surface area (Å²) in [5, 5.41) is 8.11. The Kier molecular flexibility index (Phi) is 4.26. The third-order valence-corrected chi connectivity index (χ3v) is 5.75. The van der Waals surface area contributed by atoms with Crippen molar-refractivity contribution in [2.75, 3.05) is 25.1 Å². The Balaban J connectivity index is 1.57. The summed E-state index contributed by atoms with van der Waals surface area (Å²) in [6, 6.07) is 9.73. The van der Waals surface area contributed by atoms with Crippen LogP contribution in [0.25, 0.3) is 11.5 Å². The molecular weight excluding hydrogens is 302 g/mol. The summed E-state index contributed by atoms with van der Waals surface area (Å²) < 4.78 is 28.7. The second kappa shape index (κ2) is 6.18. The van der Waals surface area contributed by atoms with Crippen molar-refractivity contribution < 1.29 is 12.8 Å². The van der Waals surface area contributed by atoms with Crippen molar-refractivity contribution in [1.29, 1.82) is 0 Å². The van der Waals surface area contributed by atoms with Gasteiger partial charge in [0.2, 0.25) is 11.8 Å². The maximum atomic E-state index is 11.5. The fraction of sp³-hybridized carbons (Fsp3) is 0.467. The zero-order chi connectivity index (χ0) is 15.6. The van der Waals surface area contributed by atoms with Crippen molar-refractivity contribution in [3.8, 4) is 11.5 Å². The van der Waals surface area contributed by atoms with Crippen molar-refractivity contribution in [3.63, 3.8) is 0 Å². The zero-order valence-electron chi connectivity index (χ0n) is 12.5. The standard InChI is InChI=1S/C15H19N3O3S/c1-18(13-8-10-22(19,20)11-13)9-7-14-16-17-15(21-14)12-5-3-2-4-6-12/h2-6,13H,7-11H2,1H3. The van der Waals surface area contributed by atoms with Gasteiger partial charge in [-0.1, -0.05) is 18.2 Å². The highest BCUT2D eigenvalue weighted by Gasteiger charge is 2.30. The van der Waals surface area contributed by atoms with E-state index in [4.69, 9.17) is 4.42 Å². The van der Waals surface area contributed by atoms with Crippen LogP contribution in [0.5, 0.6) is 0 Å². The molecule has 1 saturated heterocycles. The van der Waals surface area contributed by atoms with Gasteiger partial charge in [-0.2, -0.15) is 0 Å². The molecule has 7 heteroatoms. The summed E-state index contributed by atoms with van der Waals surface area (Å²) in [5.74, 6) is 1.64. The number of benzene rings is 1. The highest BCUT2D eigenvalue weighted by Crippen LogP contribution is 2.19. The molecule has 0 spiro atoms. The van der Waals surface area contributed by atoms with E-state index in [0.717, 1.165) is 5.56 Å². The van der Waals surface area contributed by atoms with Crippen molar-refractivity contribution in [3.05, 3.63) is 36.2 Å². The van der Waals surface area contributed by atoms with Crippen molar-refractivity contribution in [2.45, 2.75) is 18.9 Å². The smallest absolute Gasteiger partial charge is 0.247 e. The molecule has 1 aliphatic heterocycles. The first-order chi connectivity index (χ1) is 10.5. The molecule has 22 heavy (non-hydrogen) atoms. The summed E-state index contributed by atoms with van der Waals surface area (Å²) in [5.41, 5.74) is 0.900. The molecule has 1 unspecified atom stereocenters. The summed E-state index contributed by atoms with van der Waals surface area (Å²) in [7, 11) is -0.904. The van der Waals surface area contributed by atoms with Crippen LogP contribution in [0, 0.1) is 0 Å². The lowest BCUT2D eigenvalue weighted by Crippen LogP contribution is -2.34. The molecule has 6 nitrogen and oxygen atoms in total. The highest BCUT2D eigenvalue weighted by atomic mass is 32.2. The van der Waals surface area contributed by atoms with Crippen LogP contribution in [0.4, 0.5) is 0 Å². The van der Waals surface area contributed by atoms with Crippen LogP contribution < -0.4 is 0 Å². The van der Waals surface area contributed by atoms with Crippen LogP contribution in [0.15, 0.2) is 34.7 Å². The molecule has 1 fully saturated rings. The first-order valence-corrected chi connectivity index (χ1v) is 9.14. The quantitative estimate of drug-likeness (QED) is 0.828. The van der Waals surface area contributed by atoms with Gasteiger partial charge in [0.05, 0.1) is 11.5 Å². The molecule has 0 N–H and O–H groups in total. The lowest BCUT2D eigenvalue weighted by atomic mass is 10.2. The van der Waals surface area contributed by atoms with E-state index in [9.17, 15) is 8.42 Å². The predicted molar refractivity (Wildman–Crippen MR) is 83.1 cm³/mol. The maximum absolute atomic E-state index is 11.5. The van der Waals surface area contributed by atoms with Gasteiger partial charge in [0.15, 0.2) is 9.84 Å². The third kappa shape index (κ3) is 3.53. The van der Waals surface area contributed by atoms with Gasteiger partial charge in [-0.05, 0) is 25.6 Å². The Morgan fingerprint density at radius 1 is 1.27 bits per heavy atom. The van der Waals surface area contributed by atoms with E-state index >= 15 is 0 Å². The molecule has 118 valence electrons. The molecule has 1 atom stereocenters. The first kappa shape index (κ1) is 15.2. The predicted octanol–water partition coefficient (Wildman–Crippen LogP) is 1.40. The van der Waals surface area contributed by atoms with Crippen LogP contribution in [0.2, 0.25) is 0 Å². The summed E-state index contributed by atoms with van der Waals surface area (Å²) in [6.07, 6.45) is 1.32. The first-order valence-electron chi connectivity index (χ1n) is 7.32. The van der Waals surface area contributed by atoms with Crippen LogP contribution in [0.3, 0.4) is 0 Å². The molecule has 0 amide bonds. The van der Waals surface area contributed by atoms with E-state index in [0.29, 0.717) is 36.9 Å². The number of hydrogen-bond donors (Lipinski definition) is 0. The normalized spacial score (nSPS) is 20.5. The fourth-order valence-electron chi connectivity index (χ4n) is 2.63. The van der Waals surface area contributed by atoms with Gasteiger partial charge in [0.1, 0.15) is 0 Å². The third-order valence-electron chi connectivity index (χ3n) is 4.00. The minimum absolute atomic E-state index is 0.0986. The molecule has 1 aliphatic rings. The zero-order valence-corrected chi connectivity index (χ0v) is 13.3. The second-order valence-electron chi connectivity index (χ2n) is 5.65. The van der Waals surface area contributed by atoms with E-state index in [1.165, 1.54) is 0 Å². The monoisotopic (exact) mass is 321 g/mol. The maximum Gasteiger partial charge on any atom is 0.247 e. The molecule has 0 aliphatic carbocycles. The number of nitrogens with zero attached hydrogens (tertiary/aromatic N) is 3.